The van der Waals surface area contributed by atoms with Gasteiger partial charge in [-0.15, -0.1) is 0 Å². The van der Waals surface area contributed by atoms with Gasteiger partial charge in [0.1, 0.15) is 0 Å². The maximum absolute atomic E-state index is 11.4. The molecule has 0 saturated carbocycles. The molecule has 0 aliphatic heterocycles. The molecular formula is C8H8N3O5P. The molecule has 0 unspecified atom stereocenters. The second-order valence-electron chi connectivity index (χ2n) is 2.83. The van der Waals surface area contributed by atoms with Gasteiger partial charge in [-0.2, -0.15) is 0 Å². The molecule has 0 spiro atoms. The lowest BCUT2D eigenvalue weighted by Gasteiger charge is -1.99. The lowest BCUT2D eigenvalue weighted by molar-refractivity contribution is 0.0965. The molecule has 0 bridgehead atoms. The molecular weight excluding hydrogens is 249 g/mol. The predicted molar refractivity (Wildman–Crippen MR) is 56.2 cm³/mol. The van der Waals surface area contributed by atoms with Crippen LogP contribution in [0.25, 0.3) is 0 Å². The molecule has 1 aromatic rings. The van der Waals surface area contributed by atoms with Crippen molar-refractivity contribution < 1.29 is 23.9 Å². The highest BCUT2D eigenvalue weighted by atomic mass is 31.2. The SMILES string of the molecule is O=C(N=NP(=O)(O)O)NC(=O)c1ccccc1. The number of rotatable bonds is 2. The highest BCUT2D eigenvalue weighted by molar-refractivity contribution is 7.50. The fourth-order valence-electron chi connectivity index (χ4n) is 0.883. The van der Waals surface area contributed by atoms with Crippen LogP contribution >= 0.6 is 7.75 Å². The van der Waals surface area contributed by atoms with E-state index in [9.17, 15) is 14.2 Å². The van der Waals surface area contributed by atoms with E-state index >= 15 is 0 Å². The van der Waals surface area contributed by atoms with Crippen LogP contribution in [0.5, 0.6) is 0 Å². The summed E-state index contributed by atoms with van der Waals surface area (Å²) in [5.74, 6) is -0.736. The van der Waals surface area contributed by atoms with Gasteiger partial charge in [0.15, 0.2) is 0 Å². The minimum absolute atomic E-state index is 0.215. The summed E-state index contributed by atoms with van der Waals surface area (Å²) < 4.78 is 10.3. The number of urea groups is 1. The van der Waals surface area contributed by atoms with Crippen molar-refractivity contribution >= 4 is 19.7 Å². The zero-order valence-electron chi connectivity index (χ0n) is 8.35. The molecule has 0 aromatic heterocycles. The third-order valence-corrected chi connectivity index (χ3v) is 1.83. The van der Waals surface area contributed by atoms with Gasteiger partial charge in [0.2, 0.25) is 0 Å². The Morgan fingerprint density at radius 3 is 2.29 bits per heavy atom. The molecule has 0 radical (unpaired) electrons. The van der Waals surface area contributed by atoms with Crippen LogP contribution in [0.3, 0.4) is 0 Å². The zero-order valence-corrected chi connectivity index (χ0v) is 9.24. The van der Waals surface area contributed by atoms with E-state index in [1.807, 2.05) is 0 Å². The average Bonchev–Trinajstić information content (AvgIpc) is 2.27. The van der Waals surface area contributed by atoms with Crippen LogP contribution in [0, 0.1) is 0 Å². The van der Waals surface area contributed by atoms with Gasteiger partial charge in [-0.3, -0.25) is 10.1 Å². The van der Waals surface area contributed by atoms with E-state index in [-0.39, 0.29) is 5.56 Å². The van der Waals surface area contributed by atoms with E-state index < -0.39 is 19.7 Å². The van der Waals surface area contributed by atoms with Crippen LogP contribution in [-0.4, -0.2) is 21.7 Å². The molecule has 3 amide bonds. The van der Waals surface area contributed by atoms with Crippen molar-refractivity contribution in [1.82, 2.24) is 5.32 Å². The number of hydrogen-bond donors (Lipinski definition) is 3. The molecule has 1 aromatic carbocycles. The topological polar surface area (TPSA) is 128 Å². The standard InChI is InChI=1S/C8H8N3O5P/c12-7(6-4-2-1-3-5-6)9-8(13)10-11-17(14,15)16/h1-5H,(H,9,12,13)(H2,14,15,16). The molecule has 0 aliphatic rings. The number of carbonyl (C=O) groups excluding carboxylic acids is 2. The van der Waals surface area contributed by atoms with E-state index in [0.717, 1.165) is 0 Å². The van der Waals surface area contributed by atoms with Gasteiger partial charge < -0.3 is 9.79 Å². The van der Waals surface area contributed by atoms with Crippen LogP contribution in [0.15, 0.2) is 40.3 Å². The number of imide groups is 1. The lowest BCUT2D eigenvalue weighted by Crippen LogP contribution is -2.27. The smallest absolute Gasteiger partial charge is 0.306 e. The van der Waals surface area contributed by atoms with Gasteiger partial charge in [0, 0.05) is 5.56 Å². The number of hydrogen-bond acceptors (Lipinski definition) is 3. The maximum Gasteiger partial charge on any atom is 0.467 e. The van der Waals surface area contributed by atoms with E-state index in [4.69, 9.17) is 9.79 Å². The monoisotopic (exact) mass is 257 g/mol. The summed E-state index contributed by atoms with van der Waals surface area (Å²) in [6.07, 6.45) is 0. The Bertz CT molecular complexity index is 495. The first kappa shape index (κ1) is 13.2. The van der Waals surface area contributed by atoms with Gasteiger partial charge in [-0.25, -0.2) is 9.36 Å². The summed E-state index contributed by atoms with van der Waals surface area (Å²) in [6.45, 7) is 0. The number of carbonyl (C=O) groups is 2. The third-order valence-electron chi connectivity index (χ3n) is 1.51. The van der Waals surface area contributed by atoms with Crippen LogP contribution in [-0.2, 0) is 4.57 Å². The minimum Gasteiger partial charge on any atom is -0.306 e. The first-order valence-electron chi connectivity index (χ1n) is 4.28. The Morgan fingerprint density at radius 1 is 1.18 bits per heavy atom. The number of nitrogens with zero attached hydrogens (tertiary/aromatic N) is 2. The Kier molecular flexibility index (Phi) is 4.22. The van der Waals surface area contributed by atoms with Crippen molar-refractivity contribution in [3.05, 3.63) is 35.9 Å². The Hall–Kier alpha value is -1.89. The molecule has 3 N–H and O–H groups in total. The Morgan fingerprint density at radius 2 is 1.76 bits per heavy atom. The predicted octanol–water partition coefficient (Wildman–Crippen LogP) is 1.08. The number of nitrogens with one attached hydrogen (secondary N) is 1. The van der Waals surface area contributed by atoms with E-state index in [2.05, 4.69) is 10.00 Å². The summed E-state index contributed by atoms with van der Waals surface area (Å²) in [6, 6.07) is 6.55. The molecule has 90 valence electrons. The summed E-state index contributed by atoms with van der Waals surface area (Å²) in [4.78, 5) is 41.3. The zero-order chi connectivity index (χ0) is 12.9. The fraction of sp³-hybridized carbons (Fsp3) is 0. The minimum atomic E-state index is -4.75. The first-order valence-corrected chi connectivity index (χ1v) is 5.84. The second-order valence-corrected chi connectivity index (χ2v) is 4.03. The van der Waals surface area contributed by atoms with Crippen molar-refractivity contribution in [1.29, 1.82) is 0 Å². The van der Waals surface area contributed by atoms with Crippen molar-refractivity contribution in [2.75, 3.05) is 0 Å². The van der Waals surface area contributed by atoms with Gasteiger partial charge in [-0.05, 0) is 12.1 Å². The molecule has 0 saturated heterocycles. The molecule has 9 heteroatoms. The number of benzene rings is 1. The van der Waals surface area contributed by atoms with E-state index in [1.54, 1.807) is 23.5 Å². The largest absolute Gasteiger partial charge is 0.467 e. The molecule has 17 heavy (non-hydrogen) atoms. The normalized spacial score (nSPS) is 11.4. The molecule has 1 rings (SSSR count). The van der Waals surface area contributed by atoms with Crippen molar-refractivity contribution in [3.63, 3.8) is 0 Å². The van der Waals surface area contributed by atoms with Gasteiger partial charge in [0.05, 0.1) is 0 Å². The molecule has 0 aliphatic carbocycles. The van der Waals surface area contributed by atoms with Crippen LogP contribution < -0.4 is 5.32 Å². The first-order chi connectivity index (χ1) is 7.88. The van der Waals surface area contributed by atoms with E-state index in [0.29, 0.717) is 0 Å². The summed E-state index contributed by atoms with van der Waals surface area (Å²) >= 11 is 0. The van der Waals surface area contributed by atoms with Gasteiger partial charge in [0.25, 0.3) is 5.91 Å². The summed E-state index contributed by atoms with van der Waals surface area (Å²) in [5.41, 5.74) is 0.215. The van der Waals surface area contributed by atoms with Gasteiger partial charge in [-0.1, -0.05) is 28.2 Å². The quantitative estimate of drug-likeness (QED) is 0.539. The molecule has 0 heterocycles. The van der Waals surface area contributed by atoms with Gasteiger partial charge >= 0.3 is 13.8 Å². The third kappa shape index (κ3) is 5.12. The summed E-state index contributed by atoms with van der Waals surface area (Å²) in [5, 5.41) is 4.44. The van der Waals surface area contributed by atoms with Crippen molar-refractivity contribution in [3.8, 4) is 0 Å². The Balaban J connectivity index is 2.62. The second kappa shape index (κ2) is 5.44. The van der Waals surface area contributed by atoms with Crippen LogP contribution in [0.1, 0.15) is 10.4 Å². The molecule has 0 atom stereocenters. The van der Waals surface area contributed by atoms with Crippen molar-refractivity contribution in [2.45, 2.75) is 0 Å². The number of amides is 3. The molecule has 0 fully saturated rings. The lowest BCUT2D eigenvalue weighted by atomic mass is 10.2. The Labute approximate surface area is 95.6 Å². The van der Waals surface area contributed by atoms with Crippen LogP contribution in [0.2, 0.25) is 0 Å². The van der Waals surface area contributed by atoms with Crippen molar-refractivity contribution in [2.24, 2.45) is 10.00 Å². The fourth-order valence-corrected chi connectivity index (χ4v) is 1.08. The highest BCUT2D eigenvalue weighted by Gasteiger charge is 2.13. The van der Waals surface area contributed by atoms with Crippen LogP contribution in [0.4, 0.5) is 4.79 Å². The molecule has 8 nitrogen and oxygen atoms in total. The maximum atomic E-state index is 11.4. The summed E-state index contributed by atoms with van der Waals surface area (Å²) in [7, 11) is -4.75. The van der Waals surface area contributed by atoms with E-state index in [1.165, 1.54) is 12.1 Å². The highest BCUT2D eigenvalue weighted by Crippen LogP contribution is 2.36. The average molecular weight is 257 g/mol.